The summed E-state index contributed by atoms with van der Waals surface area (Å²) in [5.41, 5.74) is 2.67. The summed E-state index contributed by atoms with van der Waals surface area (Å²) in [5, 5.41) is 0. The normalized spacial score (nSPS) is 10.8. The molecule has 0 unspecified atom stereocenters. The number of rotatable bonds is 10. The fraction of sp³-hybridized carbons (Fsp3) is 0.348. The van der Waals surface area contributed by atoms with Crippen molar-refractivity contribution in [2.75, 3.05) is 20.3 Å². The van der Waals surface area contributed by atoms with Crippen LogP contribution in [0.25, 0.3) is 6.08 Å². The van der Waals surface area contributed by atoms with Crippen LogP contribution in [-0.2, 0) is 6.42 Å². The molecule has 0 atom stereocenters. The Morgan fingerprint density at radius 3 is 2.26 bits per heavy atom. The van der Waals surface area contributed by atoms with Crippen molar-refractivity contribution < 1.29 is 19.0 Å². The zero-order chi connectivity index (χ0) is 19.6. The maximum atomic E-state index is 12.5. The Hall–Kier alpha value is -2.75. The molecule has 0 N–H and O–H groups in total. The Balaban J connectivity index is 2.35. The third kappa shape index (κ3) is 5.61. The summed E-state index contributed by atoms with van der Waals surface area (Å²) < 4.78 is 16.6. The molecule has 0 aliphatic rings. The average molecular weight is 368 g/mol. The number of ketones is 1. The molecule has 27 heavy (non-hydrogen) atoms. The molecule has 0 aromatic heterocycles. The first-order valence-corrected chi connectivity index (χ1v) is 9.41. The number of hydrogen-bond acceptors (Lipinski definition) is 4. The van der Waals surface area contributed by atoms with Gasteiger partial charge in [-0.3, -0.25) is 4.79 Å². The van der Waals surface area contributed by atoms with Crippen LogP contribution in [0, 0.1) is 0 Å². The Morgan fingerprint density at radius 1 is 0.963 bits per heavy atom. The zero-order valence-electron chi connectivity index (χ0n) is 16.6. The van der Waals surface area contributed by atoms with Crippen molar-refractivity contribution in [3.05, 3.63) is 59.2 Å². The van der Waals surface area contributed by atoms with E-state index in [2.05, 4.69) is 6.92 Å². The van der Waals surface area contributed by atoms with Gasteiger partial charge in [0.1, 0.15) is 17.2 Å². The van der Waals surface area contributed by atoms with E-state index in [0.29, 0.717) is 18.8 Å². The van der Waals surface area contributed by atoms with Crippen LogP contribution < -0.4 is 14.2 Å². The van der Waals surface area contributed by atoms with E-state index < -0.39 is 0 Å². The highest BCUT2D eigenvalue weighted by Crippen LogP contribution is 2.31. The van der Waals surface area contributed by atoms with Gasteiger partial charge in [-0.2, -0.15) is 0 Å². The predicted molar refractivity (Wildman–Crippen MR) is 109 cm³/mol. The Bertz CT molecular complexity index is 776. The quantitative estimate of drug-likeness (QED) is 0.419. The van der Waals surface area contributed by atoms with E-state index in [9.17, 15) is 4.79 Å². The average Bonchev–Trinajstić information content (AvgIpc) is 2.69. The third-order valence-electron chi connectivity index (χ3n) is 4.12. The molecule has 0 amide bonds. The van der Waals surface area contributed by atoms with Gasteiger partial charge < -0.3 is 14.2 Å². The van der Waals surface area contributed by atoms with E-state index in [0.717, 1.165) is 41.2 Å². The number of carbonyl (C=O) groups is 1. The van der Waals surface area contributed by atoms with Crippen LogP contribution >= 0.6 is 0 Å². The maximum absolute atomic E-state index is 12.5. The molecule has 2 aromatic carbocycles. The summed E-state index contributed by atoms with van der Waals surface area (Å²) in [7, 11) is 1.60. The number of methoxy groups -OCH3 is 1. The minimum Gasteiger partial charge on any atom is -0.497 e. The second-order valence-electron chi connectivity index (χ2n) is 6.03. The van der Waals surface area contributed by atoms with E-state index >= 15 is 0 Å². The fourth-order valence-electron chi connectivity index (χ4n) is 2.86. The monoisotopic (exact) mass is 368 g/mol. The van der Waals surface area contributed by atoms with Crippen LogP contribution in [0.5, 0.6) is 17.2 Å². The van der Waals surface area contributed by atoms with Crippen molar-refractivity contribution in [3.8, 4) is 17.2 Å². The minimum atomic E-state index is -0.0557. The van der Waals surface area contributed by atoms with Gasteiger partial charge in [0.25, 0.3) is 0 Å². The molecule has 4 nitrogen and oxygen atoms in total. The van der Waals surface area contributed by atoms with Gasteiger partial charge in [0.05, 0.1) is 20.3 Å². The molecule has 0 heterocycles. The molecular weight excluding hydrogens is 340 g/mol. The number of ether oxygens (including phenoxy) is 3. The van der Waals surface area contributed by atoms with Crippen molar-refractivity contribution in [1.29, 1.82) is 0 Å². The van der Waals surface area contributed by atoms with Gasteiger partial charge in [-0.25, -0.2) is 0 Å². The molecule has 0 saturated carbocycles. The maximum Gasteiger partial charge on any atom is 0.185 e. The lowest BCUT2D eigenvalue weighted by atomic mass is 10.00. The lowest BCUT2D eigenvalue weighted by Crippen LogP contribution is -2.02. The van der Waals surface area contributed by atoms with Crippen molar-refractivity contribution in [1.82, 2.24) is 0 Å². The summed E-state index contributed by atoms with van der Waals surface area (Å²) >= 11 is 0. The lowest BCUT2D eigenvalue weighted by Gasteiger charge is -2.15. The molecule has 2 rings (SSSR count). The fourth-order valence-corrected chi connectivity index (χ4v) is 2.86. The number of hydrogen-bond donors (Lipinski definition) is 0. The van der Waals surface area contributed by atoms with Gasteiger partial charge >= 0.3 is 0 Å². The standard InChI is InChI=1S/C23H28O4/c1-5-8-21-18(15-20(26-6-2)16-23(21)27-7-3)11-14-22(24)17-9-12-19(25-4)13-10-17/h9-16H,5-8H2,1-4H3/b14-11+. The number of carbonyl (C=O) groups excluding carboxylic acids is 1. The van der Waals surface area contributed by atoms with Crippen LogP contribution in [0.1, 0.15) is 48.7 Å². The second kappa shape index (κ2) is 10.4. The highest BCUT2D eigenvalue weighted by Gasteiger charge is 2.11. The molecular formula is C23H28O4. The van der Waals surface area contributed by atoms with Crippen LogP contribution in [0.15, 0.2) is 42.5 Å². The molecule has 0 aliphatic heterocycles. The van der Waals surface area contributed by atoms with Gasteiger partial charge in [-0.15, -0.1) is 0 Å². The smallest absolute Gasteiger partial charge is 0.185 e. The first kappa shape index (κ1) is 20.6. The Labute approximate surface area is 161 Å². The minimum absolute atomic E-state index is 0.0557. The molecule has 0 fully saturated rings. The van der Waals surface area contributed by atoms with Gasteiger partial charge in [-0.05, 0) is 62.2 Å². The highest BCUT2D eigenvalue weighted by molar-refractivity contribution is 6.07. The molecule has 0 radical (unpaired) electrons. The zero-order valence-corrected chi connectivity index (χ0v) is 16.6. The van der Waals surface area contributed by atoms with Gasteiger partial charge in [0.2, 0.25) is 0 Å². The van der Waals surface area contributed by atoms with E-state index in [-0.39, 0.29) is 5.78 Å². The lowest BCUT2D eigenvalue weighted by molar-refractivity contribution is 0.104. The first-order valence-electron chi connectivity index (χ1n) is 9.41. The van der Waals surface area contributed by atoms with Gasteiger partial charge in [-0.1, -0.05) is 19.4 Å². The van der Waals surface area contributed by atoms with Crippen LogP contribution in [0.4, 0.5) is 0 Å². The molecule has 0 aliphatic carbocycles. The van der Waals surface area contributed by atoms with Crippen molar-refractivity contribution in [2.24, 2.45) is 0 Å². The Morgan fingerprint density at radius 2 is 1.67 bits per heavy atom. The van der Waals surface area contributed by atoms with Gasteiger partial charge in [0.15, 0.2) is 5.78 Å². The van der Waals surface area contributed by atoms with E-state index in [4.69, 9.17) is 14.2 Å². The summed E-state index contributed by atoms with van der Waals surface area (Å²) in [6.45, 7) is 7.20. The summed E-state index contributed by atoms with van der Waals surface area (Å²) in [4.78, 5) is 12.5. The first-order chi connectivity index (χ1) is 13.1. The largest absolute Gasteiger partial charge is 0.497 e. The van der Waals surface area contributed by atoms with Crippen molar-refractivity contribution >= 4 is 11.9 Å². The van der Waals surface area contributed by atoms with Crippen LogP contribution in [0.3, 0.4) is 0 Å². The van der Waals surface area contributed by atoms with Crippen LogP contribution in [-0.4, -0.2) is 26.1 Å². The number of benzene rings is 2. The SMILES string of the molecule is CCCc1c(/C=C/C(=O)c2ccc(OC)cc2)cc(OCC)cc1OCC. The molecule has 4 heteroatoms. The highest BCUT2D eigenvalue weighted by atomic mass is 16.5. The van der Waals surface area contributed by atoms with Crippen molar-refractivity contribution in [3.63, 3.8) is 0 Å². The summed E-state index contributed by atoms with van der Waals surface area (Å²) in [6, 6.07) is 11.0. The third-order valence-corrected chi connectivity index (χ3v) is 4.12. The molecule has 144 valence electrons. The molecule has 0 spiro atoms. The summed E-state index contributed by atoms with van der Waals surface area (Å²) in [5.74, 6) is 2.24. The Kier molecular flexibility index (Phi) is 7.93. The van der Waals surface area contributed by atoms with Crippen molar-refractivity contribution in [2.45, 2.75) is 33.6 Å². The van der Waals surface area contributed by atoms with E-state index in [1.165, 1.54) is 0 Å². The molecule has 0 saturated heterocycles. The topological polar surface area (TPSA) is 44.8 Å². The van der Waals surface area contributed by atoms with E-state index in [1.54, 1.807) is 37.5 Å². The second-order valence-corrected chi connectivity index (χ2v) is 6.03. The molecule has 2 aromatic rings. The van der Waals surface area contributed by atoms with E-state index in [1.807, 2.05) is 32.1 Å². The molecule has 0 bridgehead atoms. The number of allylic oxidation sites excluding steroid dienone is 1. The van der Waals surface area contributed by atoms with Crippen LogP contribution in [0.2, 0.25) is 0 Å². The van der Waals surface area contributed by atoms with Gasteiger partial charge in [0, 0.05) is 17.2 Å². The summed E-state index contributed by atoms with van der Waals surface area (Å²) in [6.07, 6.45) is 5.31. The predicted octanol–water partition coefficient (Wildman–Crippen LogP) is 5.34.